The van der Waals surface area contributed by atoms with Crippen molar-refractivity contribution in [3.63, 3.8) is 0 Å². The van der Waals surface area contributed by atoms with Gasteiger partial charge in [-0.1, -0.05) is 84.4 Å². The van der Waals surface area contributed by atoms with E-state index in [0.717, 1.165) is 15.4 Å². The molecule has 8 nitrogen and oxygen atoms in total. The van der Waals surface area contributed by atoms with Gasteiger partial charge in [0.1, 0.15) is 29.9 Å². The van der Waals surface area contributed by atoms with Gasteiger partial charge in [-0.05, 0) is 80.9 Å². The van der Waals surface area contributed by atoms with E-state index in [2.05, 4.69) is 5.32 Å². The van der Waals surface area contributed by atoms with Gasteiger partial charge in [-0.15, -0.1) is 0 Å². The van der Waals surface area contributed by atoms with Crippen molar-refractivity contribution in [3.05, 3.63) is 156 Å². The van der Waals surface area contributed by atoms with Crippen LogP contribution in [0.15, 0.2) is 138 Å². The molecule has 0 aliphatic rings. The Morgan fingerprint density at radius 1 is 0.760 bits per heavy atom. The summed E-state index contributed by atoms with van der Waals surface area (Å²) < 4.78 is 50.7. The molecular formula is C40H40FN3O5S. The molecule has 1 atom stereocenters. The van der Waals surface area contributed by atoms with Crippen LogP contribution in [0.5, 0.6) is 11.5 Å². The number of hydrogen-bond acceptors (Lipinski definition) is 5. The molecule has 1 N–H and O–H groups in total. The van der Waals surface area contributed by atoms with Crippen LogP contribution in [-0.4, -0.2) is 43.8 Å². The van der Waals surface area contributed by atoms with E-state index in [1.807, 2.05) is 69.3 Å². The highest BCUT2D eigenvalue weighted by Crippen LogP contribution is 2.29. The van der Waals surface area contributed by atoms with Gasteiger partial charge in [0.05, 0.1) is 10.6 Å². The second kappa shape index (κ2) is 16.3. The van der Waals surface area contributed by atoms with Crippen molar-refractivity contribution in [1.29, 1.82) is 0 Å². The quantitative estimate of drug-likeness (QED) is 0.132. The molecule has 50 heavy (non-hydrogen) atoms. The number of amides is 2. The van der Waals surface area contributed by atoms with Gasteiger partial charge >= 0.3 is 0 Å². The molecule has 2 amide bonds. The number of nitrogens with one attached hydrogen (secondary N) is 1. The summed E-state index contributed by atoms with van der Waals surface area (Å²) in [6.45, 7) is 4.53. The van der Waals surface area contributed by atoms with Crippen LogP contribution in [-0.2, 0) is 32.6 Å². The van der Waals surface area contributed by atoms with Gasteiger partial charge in [0, 0.05) is 24.6 Å². The van der Waals surface area contributed by atoms with Crippen LogP contribution in [0.2, 0.25) is 0 Å². The first kappa shape index (κ1) is 35.8. The minimum Gasteiger partial charge on any atom is -0.457 e. The Labute approximate surface area is 293 Å². The lowest BCUT2D eigenvalue weighted by atomic mass is 10.0. The highest BCUT2D eigenvalue weighted by molar-refractivity contribution is 7.92. The van der Waals surface area contributed by atoms with Crippen LogP contribution in [0.3, 0.4) is 0 Å². The Hall–Kier alpha value is -5.48. The van der Waals surface area contributed by atoms with E-state index < -0.39 is 40.2 Å². The average Bonchev–Trinajstić information content (AvgIpc) is 3.10. The van der Waals surface area contributed by atoms with Crippen molar-refractivity contribution in [2.24, 2.45) is 0 Å². The summed E-state index contributed by atoms with van der Waals surface area (Å²) in [6.07, 6.45) is 0.121. The molecule has 0 unspecified atom stereocenters. The molecule has 5 rings (SSSR count). The molecule has 5 aromatic rings. The van der Waals surface area contributed by atoms with Gasteiger partial charge < -0.3 is 15.0 Å². The summed E-state index contributed by atoms with van der Waals surface area (Å²) in [5, 5.41) is 2.90. The van der Waals surface area contributed by atoms with Crippen molar-refractivity contribution >= 4 is 27.5 Å². The van der Waals surface area contributed by atoms with E-state index in [1.54, 1.807) is 66.7 Å². The third-order valence-corrected chi connectivity index (χ3v) is 9.78. The Morgan fingerprint density at radius 3 is 1.96 bits per heavy atom. The lowest BCUT2D eigenvalue weighted by molar-refractivity contribution is -0.140. The van der Waals surface area contributed by atoms with Gasteiger partial charge in [0.15, 0.2) is 0 Å². The van der Waals surface area contributed by atoms with Crippen LogP contribution >= 0.6 is 0 Å². The largest absolute Gasteiger partial charge is 0.457 e. The number of hydrogen-bond donors (Lipinski definition) is 1. The van der Waals surface area contributed by atoms with E-state index in [-0.39, 0.29) is 35.2 Å². The minimum absolute atomic E-state index is 0.0143. The van der Waals surface area contributed by atoms with E-state index in [1.165, 1.54) is 23.1 Å². The van der Waals surface area contributed by atoms with E-state index in [0.29, 0.717) is 11.5 Å². The van der Waals surface area contributed by atoms with Gasteiger partial charge in [-0.3, -0.25) is 13.9 Å². The van der Waals surface area contributed by atoms with Gasteiger partial charge in [0.25, 0.3) is 10.0 Å². The van der Waals surface area contributed by atoms with Gasteiger partial charge in [-0.2, -0.15) is 0 Å². The zero-order chi connectivity index (χ0) is 35.7. The maximum atomic E-state index is 15.1. The van der Waals surface area contributed by atoms with Crippen molar-refractivity contribution < 1.29 is 27.1 Å². The number of para-hydroxylation sites is 1. The number of rotatable bonds is 14. The summed E-state index contributed by atoms with van der Waals surface area (Å²) in [4.78, 5) is 29.7. The molecule has 0 radical (unpaired) electrons. The van der Waals surface area contributed by atoms with Crippen LogP contribution in [0.4, 0.5) is 10.1 Å². The minimum atomic E-state index is -4.31. The molecule has 10 heteroatoms. The number of sulfonamides is 1. The normalized spacial score (nSPS) is 11.9. The average molecular weight is 694 g/mol. The fraction of sp³-hybridized carbons (Fsp3) is 0.200. The maximum Gasteiger partial charge on any atom is 0.264 e. The fourth-order valence-electron chi connectivity index (χ4n) is 5.42. The molecule has 0 spiro atoms. The molecule has 0 fully saturated rings. The Morgan fingerprint density at radius 2 is 1.34 bits per heavy atom. The first-order valence-corrected chi connectivity index (χ1v) is 17.7. The third kappa shape index (κ3) is 9.15. The predicted molar refractivity (Wildman–Crippen MR) is 193 cm³/mol. The molecule has 0 bridgehead atoms. The van der Waals surface area contributed by atoms with Crippen LogP contribution in [0.25, 0.3) is 0 Å². The highest BCUT2D eigenvalue weighted by atomic mass is 32.2. The Balaban J connectivity index is 1.56. The maximum absolute atomic E-state index is 15.1. The number of halogens is 1. The van der Waals surface area contributed by atoms with Crippen LogP contribution < -0.4 is 14.4 Å². The number of carbonyl (C=O) groups excluding carboxylic acids is 2. The first-order valence-electron chi connectivity index (χ1n) is 16.3. The number of benzene rings is 5. The van der Waals surface area contributed by atoms with Crippen molar-refractivity contribution in [1.82, 2.24) is 10.2 Å². The lowest BCUT2D eigenvalue weighted by Gasteiger charge is -2.34. The van der Waals surface area contributed by atoms with Crippen molar-refractivity contribution in [2.75, 3.05) is 10.8 Å². The molecule has 5 aromatic carbocycles. The Bertz CT molecular complexity index is 1990. The number of anilines is 1. The molecule has 0 aliphatic heterocycles. The van der Waals surface area contributed by atoms with E-state index >= 15 is 4.39 Å². The SMILES string of the molecule is Cc1ccc(S(=O)(=O)N(CC(=O)N(Cc2ccccc2F)[C@H](Cc2ccccc2)C(=O)NC(C)C)c2ccc(Oc3ccccc3)cc2)cc1. The molecule has 258 valence electrons. The summed E-state index contributed by atoms with van der Waals surface area (Å²) in [7, 11) is -4.31. The zero-order valence-electron chi connectivity index (χ0n) is 28.2. The second-order valence-electron chi connectivity index (χ2n) is 12.2. The fourth-order valence-corrected chi connectivity index (χ4v) is 6.83. The summed E-state index contributed by atoms with van der Waals surface area (Å²) in [6, 6.07) is 35.7. The number of ether oxygens (including phenoxy) is 1. The molecule has 0 heterocycles. The van der Waals surface area contributed by atoms with Crippen LogP contribution in [0.1, 0.15) is 30.5 Å². The van der Waals surface area contributed by atoms with Crippen LogP contribution in [0, 0.1) is 12.7 Å². The third-order valence-electron chi connectivity index (χ3n) is 7.99. The highest BCUT2D eigenvalue weighted by Gasteiger charge is 2.35. The Kier molecular flexibility index (Phi) is 11.7. The molecular weight excluding hydrogens is 654 g/mol. The van der Waals surface area contributed by atoms with Crippen molar-refractivity contribution in [3.8, 4) is 11.5 Å². The molecule has 0 aliphatic carbocycles. The van der Waals surface area contributed by atoms with Crippen molar-refractivity contribution in [2.45, 2.75) is 50.7 Å². The smallest absolute Gasteiger partial charge is 0.264 e. The van der Waals surface area contributed by atoms with Gasteiger partial charge in [0.2, 0.25) is 11.8 Å². The summed E-state index contributed by atoms with van der Waals surface area (Å²) in [5.74, 6) is -0.607. The van der Waals surface area contributed by atoms with E-state index in [4.69, 9.17) is 4.74 Å². The number of carbonyl (C=O) groups is 2. The van der Waals surface area contributed by atoms with E-state index in [9.17, 15) is 18.0 Å². The molecule has 0 saturated carbocycles. The monoisotopic (exact) mass is 693 g/mol. The topological polar surface area (TPSA) is 96.0 Å². The lowest BCUT2D eigenvalue weighted by Crippen LogP contribution is -2.54. The zero-order valence-corrected chi connectivity index (χ0v) is 29.0. The molecule has 0 aromatic heterocycles. The van der Waals surface area contributed by atoms with Gasteiger partial charge in [-0.25, -0.2) is 12.8 Å². The predicted octanol–water partition coefficient (Wildman–Crippen LogP) is 7.29. The number of nitrogens with zero attached hydrogens (tertiary/aromatic N) is 2. The second-order valence-corrected chi connectivity index (χ2v) is 14.1. The standard InChI is InChI=1S/C40H40FN3O5S/c1-29(2)42-40(46)38(26-31-12-6-4-7-13-31)43(27-32-14-10-11-17-37(32)41)39(45)28-44(50(47,48)36-24-18-30(3)19-25-36)33-20-22-35(23-21-33)49-34-15-8-5-9-16-34/h4-25,29,38H,26-28H2,1-3H3,(H,42,46)/t38-/m1/s1. The molecule has 0 saturated heterocycles. The number of aryl methyl sites for hydroxylation is 1. The summed E-state index contributed by atoms with van der Waals surface area (Å²) >= 11 is 0. The summed E-state index contributed by atoms with van der Waals surface area (Å²) in [5.41, 5.74) is 2.04. The first-order chi connectivity index (χ1) is 24.0.